The van der Waals surface area contributed by atoms with E-state index >= 15 is 0 Å². The molecule has 0 aliphatic rings. The maximum Gasteiger partial charge on any atom is 0.0551 e. The first kappa shape index (κ1) is 13.2. The molecule has 0 fully saturated rings. The first-order valence-corrected chi connectivity index (χ1v) is 6.08. The number of hydrogen-bond acceptors (Lipinski definition) is 3. The van der Waals surface area contributed by atoms with Crippen molar-refractivity contribution in [3.05, 3.63) is 18.0 Å². The number of ether oxygens (including phenoxy) is 1. The molecule has 1 N–H and O–H groups in total. The van der Waals surface area contributed by atoms with Crippen LogP contribution in [0.15, 0.2) is 12.3 Å². The zero-order chi connectivity index (χ0) is 11.8. The lowest BCUT2D eigenvalue weighted by molar-refractivity contribution is 0.135. The zero-order valence-electron chi connectivity index (χ0n) is 10.6. The molecule has 4 heteroatoms. The minimum Gasteiger partial charge on any atom is -0.382 e. The molecule has 1 heterocycles. The molecule has 1 atom stereocenters. The quantitative estimate of drug-likeness (QED) is 0.687. The standard InChI is InChI=1S/C12H23N3O/c1-4-8-13-11(7-10-16-5-2)12-6-9-14-15(12)3/h6,9,11,13H,4-5,7-8,10H2,1-3H3. The summed E-state index contributed by atoms with van der Waals surface area (Å²) in [5, 5.41) is 7.74. The van der Waals surface area contributed by atoms with Gasteiger partial charge in [-0.05, 0) is 32.4 Å². The van der Waals surface area contributed by atoms with E-state index in [1.807, 2.05) is 24.9 Å². The molecule has 1 unspecified atom stereocenters. The fourth-order valence-electron chi connectivity index (χ4n) is 1.74. The van der Waals surface area contributed by atoms with Gasteiger partial charge in [0.2, 0.25) is 0 Å². The molecular weight excluding hydrogens is 202 g/mol. The van der Waals surface area contributed by atoms with Gasteiger partial charge in [0, 0.05) is 26.5 Å². The smallest absolute Gasteiger partial charge is 0.0551 e. The molecule has 0 aromatic carbocycles. The first-order valence-electron chi connectivity index (χ1n) is 6.08. The van der Waals surface area contributed by atoms with Crippen LogP contribution in [0.2, 0.25) is 0 Å². The normalized spacial score (nSPS) is 12.9. The average Bonchev–Trinajstić information content (AvgIpc) is 2.70. The van der Waals surface area contributed by atoms with Crippen LogP contribution in [0.3, 0.4) is 0 Å². The predicted octanol–water partition coefficient (Wildman–Crippen LogP) is 1.89. The Kier molecular flexibility index (Phi) is 6.11. The second-order valence-corrected chi connectivity index (χ2v) is 3.87. The van der Waals surface area contributed by atoms with Gasteiger partial charge >= 0.3 is 0 Å². The largest absolute Gasteiger partial charge is 0.382 e. The highest BCUT2D eigenvalue weighted by Crippen LogP contribution is 2.15. The molecule has 0 amide bonds. The fraction of sp³-hybridized carbons (Fsp3) is 0.750. The molecule has 0 bridgehead atoms. The molecule has 0 spiro atoms. The third-order valence-electron chi connectivity index (χ3n) is 2.61. The molecule has 0 saturated carbocycles. The van der Waals surface area contributed by atoms with E-state index in [4.69, 9.17) is 4.74 Å². The highest BCUT2D eigenvalue weighted by molar-refractivity contribution is 5.06. The Morgan fingerprint density at radius 3 is 2.88 bits per heavy atom. The lowest BCUT2D eigenvalue weighted by Gasteiger charge is -2.18. The zero-order valence-corrected chi connectivity index (χ0v) is 10.6. The maximum absolute atomic E-state index is 5.41. The third kappa shape index (κ3) is 3.94. The van der Waals surface area contributed by atoms with Gasteiger partial charge in [-0.3, -0.25) is 4.68 Å². The van der Waals surface area contributed by atoms with Gasteiger partial charge in [0.05, 0.1) is 11.7 Å². The van der Waals surface area contributed by atoms with Crippen LogP contribution in [0, 0.1) is 0 Å². The molecule has 1 aromatic heterocycles. The van der Waals surface area contributed by atoms with E-state index in [1.54, 1.807) is 0 Å². The summed E-state index contributed by atoms with van der Waals surface area (Å²) in [5.41, 5.74) is 1.23. The van der Waals surface area contributed by atoms with Gasteiger partial charge in [-0.15, -0.1) is 0 Å². The van der Waals surface area contributed by atoms with Crippen LogP contribution >= 0.6 is 0 Å². The summed E-state index contributed by atoms with van der Waals surface area (Å²) >= 11 is 0. The topological polar surface area (TPSA) is 39.1 Å². The molecule has 4 nitrogen and oxygen atoms in total. The highest BCUT2D eigenvalue weighted by atomic mass is 16.5. The molecule has 1 rings (SSSR count). The second kappa shape index (κ2) is 7.41. The Labute approximate surface area is 98.0 Å². The van der Waals surface area contributed by atoms with Gasteiger partial charge in [-0.2, -0.15) is 5.10 Å². The van der Waals surface area contributed by atoms with Crippen LogP contribution in [0.25, 0.3) is 0 Å². The summed E-state index contributed by atoms with van der Waals surface area (Å²) in [7, 11) is 1.98. The van der Waals surface area contributed by atoms with E-state index in [2.05, 4.69) is 23.4 Å². The number of nitrogens with zero attached hydrogens (tertiary/aromatic N) is 2. The molecule has 0 saturated heterocycles. The van der Waals surface area contributed by atoms with Crippen molar-refractivity contribution in [2.24, 2.45) is 7.05 Å². The van der Waals surface area contributed by atoms with Crippen LogP contribution in [-0.2, 0) is 11.8 Å². The summed E-state index contributed by atoms with van der Waals surface area (Å²) in [4.78, 5) is 0. The maximum atomic E-state index is 5.41. The minimum atomic E-state index is 0.346. The minimum absolute atomic E-state index is 0.346. The Morgan fingerprint density at radius 2 is 2.31 bits per heavy atom. The molecule has 0 aliphatic heterocycles. The van der Waals surface area contributed by atoms with Crippen molar-refractivity contribution in [1.29, 1.82) is 0 Å². The number of aromatic nitrogens is 2. The molecular formula is C12H23N3O. The van der Waals surface area contributed by atoms with Crippen LogP contribution in [0.4, 0.5) is 0 Å². The van der Waals surface area contributed by atoms with E-state index in [0.717, 1.165) is 32.6 Å². The Balaban J connectivity index is 2.53. The summed E-state index contributed by atoms with van der Waals surface area (Å²) in [6.45, 7) is 6.81. The summed E-state index contributed by atoms with van der Waals surface area (Å²) in [6, 6.07) is 2.42. The average molecular weight is 225 g/mol. The monoisotopic (exact) mass is 225 g/mol. The molecule has 16 heavy (non-hydrogen) atoms. The van der Waals surface area contributed by atoms with E-state index in [0.29, 0.717) is 6.04 Å². The fourth-order valence-corrected chi connectivity index (χ4v) is 1.74. The van der Waals surface area contributed by atoms with Gasteiger partial charge in [0.25, 0.3) is 0 Å². The van der Waals surface area contributed by atoms with Gasteiger partial charge in [0.15, 0.2) is 0 Å². The Bertz CT molecular complexity index is 286. The number of nitrogens with one attached hydrogen (secondary N) is 1. The van der Waals surface area contributed by atoms with Gasteiger partial charge in [-0.1, -0.05) is 6.92 Å². The van der Waals surface area contributed by atoms with E-state index in [-0.39, 0.29) is 0 Å². The molecule has 92 valence electrons. The van der Waals surface area contributed by atoms with Gasteiger partial charge in [0.1, 0.15) is 0 Å². The Hall–Kier alpha value is -0.870. The van der Waals surface area contributed by atoms with Gasteiger partial charge in [-0.25, -0.2) is 0 Å². The molecule has 0 radical (unpaired) electrons. The Morgan fingerprint density at radius 1 is 1.50 bits per heavy atom. The van der Waals surface area contributed by atoms with Crippen molar-refractivity contribution in [3.8, 4) is 0 Å². The lowest BCUT2D eigenvalue weighted by atomic mass is 10.1. The summed E-state index contributed by atoms with van der Waals surface area (Å²) < 4.78 is 7.34. The molecule has 1 aromatic rings. The van der Waals surface area contributed by atoms with E-state index in [1.165, 1.54) is 5.69 Å². The number of aryl methyl sites for hydroxylation is 1. The van der Waals surface area contributed by atoms with Crippen LogP contribution in [-0.4, -0.2) is 29.5 Å². The SMILES string of the molecule is CCCNC(CCOCC)c1ccnn1C. The summed E-state index contributed by atoms with van der Waals surface area (Å²) in [6.07, 6.45) is 3.98. The second-order valence-electron chi connectivity index (χ2n) is 3.87. The van der Waals surface area contributed by atoms with Gasteiger partial charge < -0.3 is 10.1 Å². The van der Waals surface area contributed by atoms with Crippen molar-refractivity contribution in [3.63, 3.8) is 0 Å². The van der Waals surface area contributed by atoms with Crippen LogP contribution in [0.5, 0.6) is 0 Å². The van der Waals surface area contributed by atoms with Crippen molar-refractivity contribution >= 4 is 0 Å². The third-order valence-corrected chi connectivity index (χ3v) is 2.61. The highest BCUT2D eigenvalue weighted by Gasteiger charge is 2.13. The number of hydrogen-bond donors (Lipinski definition) is 1. The van der Waals surface area contributed by atoms with E-state index < -0.39 is 0 Å². The van der Waals surface area contributed by atoms with Crippen molar-refractivity contribution in [2.45, 2.75) is 32.7 Å². The number of rotatable bonds is 8. The van der Waals surface area contributed by atoms with Crippen LogP contribution in [0.1, 0.15) is 38.4 Å². The van der Waals surface area contributed by atoms with Crippen molar-refractivity contribution < 1.29 is 4.74 Å². The predicted molar refractivity (Wildman–Crippen MR) is 65.4 cm³/mol. The molecule has 0 aliphatic carbocycles. The van der Waals surface area contributed by atoms with E-state index in [9.17, 15) is 0 Å². The lowest BCUT2D eigenvalue weighted by Crippen LogP contribution is -2.25. The summed E-state index contributed by atoms with van der Waals surface area (Å²) in [5.74, 6) is 0. The first-order chi connectivity index (χ1) is 7.79. The van der Waals surface area contributed by atoms with Crippen molar-refractivity contribution in [1.82, 2.24) is 15.1 Å². The van der Waals surface area contributed by atoms with Crippen LogP contribution < -0.4 is 5.32 Å². The van der Waals surface area contributed by atoms with Crippen molar-refractivity contribution in [2.75, 3.05) is 19.8 Å².